The minimum absolute atomic E-state index is 0.0250. The summed E-state index contributed by atoms with van der Waals surface area (Å²) in [4.78, 5) is 41.9. The third-order valence-corrected chi connectivity index (χ3v) is 5.39. The molecule has 0 unspecified atom stereocenters. The quantitative estimate of drug-likeness (QED) is 0.566. The summed E-state index contributed by atoms with van der Waals surface area (Å²) in [6.45, 7) is -0.223. The van der Waals surface area contributed by atoms with Crippen molar-refractivity contribution in [2.24, 2.45) is 0 Å². The highest BCUT2D eigenvalue weighted by Crippen LogP contribution is 2.35. The van der Waals surface area contributed by atoms with E-state index in [2.05, 4.69) is 15.5 Å². The van der Waals surface area contributed by atoms with Gasteiger partial charge >= 0.3 is 12.0 Å². The average molecular weight is 419 g/mol. The van der Waals surface area contributed by atoms with Crippen molar-refractivity contribution in [3.8, 4) is 11.4 Å². The first-order valence-corrected chi connectivity index (χ1v) is 9.73. The van der Waals surface area contributed by atoms with Crippen LogP contribution in [0.3, 0.4) is 0 Å². The molecule has 1 aliphatic carbocycles. The number of imide groups is 1. The van der Waals surface area contributed by atoms with Crippen molar-refractivity contribution in [2.45, 2.75) is 44.2 Å². The molecule has 1 saturated heterocycles. The molecule has 0 radical (unpaired) electrons. The van der Waals surface area contributed by atoms with E-state index < -0.39 is 17.5 Å². The third-order valence-electron chi connectivity index (χ3n) is 5.15. The Morgan fingerprint density at radius 3 is 2.86 bits per heavy atom. The van der Waals surface area contributed by atoms with E-state index in [1.807, 2.05) is 0 Å². The normalized spacial score (nSPS) is 17.8. The number of nitrogens with one attached hydrogen (secondary N) is 1. The Hall–Kier alpha value is -2.94. The maximum Gasteiger partial charge on any atom is 0.325 e. The maximum atomic E-state index is 12.5. The van der Waals surface area contributed by atoms with Gasteiger partial charge in [-0.3, -0.25) is 14.5 Å². The van der Waals surface area contributed by atoms with Crippen molar-refractivity contribution in [2.75, 3.05) is 6.54 Å². The van der Waals surface area contributed by atoms with Crippen LogP contribution >= 0.6 is 11.6 Å². The summed E-state index contributed by atoms with van der Waals surface area (Å²) in [6.07, 6.45) is 2.99. The number of hydrogen-bond donors (Lipinski definition) is 1. The lowest BCUT2D eigenvalue weighted by Gasteiger charge is -2.19. The van der Waals surface area contributed by atoms with Crippen molar-refractivity contribution in [3.05, 3.63) is 35.2 Å². The van der Waals surface area contributed by atoms with Crippen molar-refractivity contribution in [3.63, 3.8) is 0 Å². The summed E-state index contributed by atoms with van der Waals surface area (Å²) in [6, 6.07) is 6.51. The molecule has 2 fully saturated rings. The van der Waals surface area contributed by atoms with Gasteiger partial charge in [0.25, 0.3) is 11.8 Å². The van der Waals surface area contributed by atoms with E-state index in [0.29, 0.717) is 29.3 Å². The number of urea groups is 1. The highest BCUT2D eigenvalue weighted by Gasteiger charge is 2.52. The highest BCUT2D eigenvalue weighted by atomic mass is 35.5. The standard InChI is InChI=1S/C19H19ClN4O5/c20-13-5-3-4-12(10-13)16-21-14(29-23-16)11-28-15(25)6-9-24-17(26)19(22-18(24)27)7-1-2-8-19/h3-5,10H,1-2,6-9,11H2,(H,22,27). The summed E-state index contributed by atoms with van der Waals surface area (Å²) < 4.78 is 10.2. The first-order valence-electron chi connectivity index (χ1n) is 9.35. The molecule has 1 saturated carbocycles. The molecule has 1 N–H and O–H groups in total. The Morgan fingerprint density at radius 2 is 2.10 bits per heavy atom. The van der Waals surface area contributed by atoms with E-state index in [0.717, 1.165) is 17.7 Å². The van der Waals surface area contributed by atoms with Gasteiger partial charge in [-0.25, -0.2) is 4.79 Å². The summed E-state index contributed by atoms with van der Waals surface area (Å²) >= 11 is 5.94. The van der Waals surface area contributed by atoms with Gasteiger partial charge in [0.2, 0.25) is 5.82 Å². The summed E-state index contributed by atoms with van der Waals surface area (Å²) in [5.41, 5.74) is -0.0974. The number of nitrogens with zero attached hydrogens (tertiary/aromatic N) is 3. The van der Waals surface area contributed by atoms with E-state index in [1.165, 1.54) is 0 Å². The minimum Gasteiger partial charge on any atom is -0.456 e. The van der Waals surface area contributed by atoms with Crippen LogP contribution in [0.4, 0.5) is 4.79 Å². The summed E-state index contributed by atoms with van der Waals surface area (Å²) in [5, 5.41) is 7.15. The molecule has 10 heteroatoms. The average Bonchev–Trinajstić information content (AvgIpc) is 3.41. The molecule has 1 aromatic heterocycles. The van der Waals surface area contributed by atoms with E-state index >= 15 is 0 Å². The zero-order valence-corrected chi connectivity index (χ0v) is 16.3. The van der Waals surface area contributed by atoms with Gasteiger partial charge in [-0.1, -0.05) is 41.7 Å². The maximum absolute atomic E-state index is 12.5. The van der Waals surface area contributed by atoms with Gasteiger partial charge in [0.05, 0.1) is 6.42 Å². The van der Waals surface area contributed by atoms with Crippen LogP contribution in [0.2, 0.25) is 5.02 Å². The molecule has 0 atom stereocenters. The lowest BCUT2D eigenvalue weighted by Crippen LogP contribution is -2.44. The Balaban J connectivity index is 1.28. The van der Waals surface area contributed by atoms with Crippen LogP contribution in [0.5, 0.6) is 0 Å². The second-order valence-electron chi connectivity index (χ2n) is 7.11. The molecular weight excluding hydrogens is 400 g/mol. The van der Waals surface area contributed by atoms with Gasteiger partial charge in [0.15, 0.2) is 6.61 Å². The predicted octanol–water partition coefficient (Wildman–Crippen LogP) is 2.69. The number of aromatic nitrogens is 2. The molecule has 29 heavy (non-hydrogen) atoms. The van der Waals surface area contributed by atoms with Gasteiger partial charge in [0.1, 0.15) is 5.54 Å². The number of amides is 3. The van der Waals surface area contributed by atoms with Crippen LogP contribution in [0, 0.1) is 0 Å². The Labute approximate surface area is 171 Å². The molecule has 152 valence electrons. The van der Waals surface area contributed by atoms with Crippen LogP contribution in [0.25, 0.3) is 11.4 Å². The summed E-state index contributed by atoms with van der Waals surface area (Å²) in [7, 11) is 0. The van der Waals surface area contributed by atoms with Gasteiger partial charge in [0, 0.05) is 17.1 Å². The highest BCUT2D eigenvalue weighted by molar-refractivity contribution is 6.30. The van der Waals surface area contributed by atoms with Crippen molar-refractivity contribution in [1.29, 1.82) is 0 Å². The topological polar surface area (TPSA) is 115 Å². The molecule has 2 aliphatic rings. The number of hydrogen-bond acceptors (Lipinski definition) is 7. The SMILES string of the molecule is O=C(CCN1C(=O)NC2(CCCC2)C1=O)OCc1nc(-c2cccc(Cl)c2)no1. The fourth-order valence-corrected chi connectivity index (χ4v) is 3.86. The van der Waals surface area contributed by atoms with Crippen molar-refractivity contribution >= 4 is 29.5 Å². The van der Waals surface area contributed by atoms with Crippen LogP contribution in [0.1, 0.15) is 38.0 Å². The van der Waals surface area contributed by atoms with Gasteiger partial charge < -0.3 is 14.6 Å². The Morgan fingerprint density at radius 1 is 1.31 bits per heavy atom. The molecule has 3 amide bonds. The number of esters is 1. The number of carbonyl (C=O) groups excluding carboxylic acids is 3. The van der Waals surface area contributed by atoms with Crippen LogP contribution in [0.15, 0.2) is 28.8 Å². The smallest absolute Gasteiger partial charge is 0.325 e. The zero-order valence-electron chi connectivity index (χ0n) is 15.5. The minimum atomic E-state index is -0.776. The van der Waals surface area contributed by atoms with E-state index in [9.17, 15) is 14.4 Å². The Kier molecular flexibility index (Phi) is 5.23. The van der Waals surface area contributed by atoms with Crippen LogP contribution in [-0.2, 0) is 20.9 Å². The van der Waals surface area contributed by atoms with Gasteiger partial charge in [-0.2, -0.15) is 4.98 Å². The number of ether oxygens (including phenoxy) is 1. The molecule has 1 aliphatic heterocycles. The van der Waals surface area contributed by atoms with E-state index in [-0.39, 0.29) is 31.4 Å². The lowest BCUT2D eigenvalue weighted by atomic mass is 9.98. The molecular formula is C19H19ClN4O5. The summed E-state index contributed by atoms with van der Waals surface area (Å²) in [5.74, 6) is -0.357. The van der Waals surface area contributed by atoms with Gasteiger partial charge in [-0.05, 0) is 25.0 Å². The molecule has 2 heterocycles. The lowest BCUT2D eigenvalue weighted by molar-refractivity contribution is -0.146. The van der Waals surface area contributed by atoms with Crippen LogP contribution in [-0.4, -0.2) is 45.0 Å². The van der Waals surface area contributed by atoms with Crippen molar-refractivity contribution < 1.29 is 23.6 Å². The Bertz CT molecular complexity index is 954. The second-order valence-corrected chi connectivity index (χ2v) is 7.55. The molecule has 0 bridgehead atoms. The number of rotatable bonds is 6. The molecule has 2 aromatic rings. The second kappa shape index (κ2) is 7.82. The predicted molar refractivity (Wildman–Crippen MR) is 101 cm³/mol. The number of carbonyl (C=O) groups is 3. The van der Waals surface area contributed by atoms with E-state index in [4.69, 9.17) is 20.9 Å². The van der Waals surface area contributed by atoms with Crippen molar-refractivity contribution in [1.82, 2.24) is 20.4 Å². The first-order chi connectivity index (χ1) is 14.0. The fourth-order valence-electron chi connectivity index (χ4n) is 3.67. The zero-order chi connectivity index (χ0) is 20.4. The molecule has 4 rings (SSSR count). The monoisotopic (exact) mass is 418 g/mol. The molecule has 1 aromatic carbocycles. The third kappa shape index (κ3) is 3.95. The number of benzene rings is 1. The largest absolute Gasteiger partial charge is 0.456 e. The first kappa shape index (κ1) is 19.4. The van der Waals surface area contributed by atoms with E-state index in [1.54, 1.807) is 24.3 Å². The molecule has 9 nitrogen and oxygen atoms in total. The molecule has 1 spiro atoms. The van der Waals surface area contributed by atoms with Crippen LogP contribution < -0.4 is 5.32 Å². The number of halogens is 1. The van der Waals surface area contributed by atoms with Gasteiger partial charge in [-0.15, -0.1) is 0 Å². The fraction of sp³-hybridized carbons (Fsp3) is 0.421.